The van der Waals surface area contributed by atoms with Crippen molar-refractivity contribution < 1.29 is 9.18 Å². The molecule has 82 valence electrons. The van der Waals surface area contributed by atoms with E-state index in [2.05, 4.69) is 10.6 Å². The molecule has 0 aromatic heterocycles. The first-order chi connectivity index (χ1) is 7.13. The topological polar surface area (TPSA) is 41.1 Å². The molecular formula is C11H15FN2O. The molecule has 15 heavy (non-hydrogen) atoms. The number of hydrogen-bond donors (Lipinski definition) is 2. The summed E-state index contributed by atoms with van der Waals surface area (Å²) in [6, 6.07) is 6.31. The van der Waals surface area contributed by atoms with Crippen LogP contribution in [0.2, 0.25) is 0 Å². The van der Waals surface area contributed by atoms with Crippen molar-refractivity contribution in [3.63, 3.8) is 0 Å². The second kappa shape index (κ2) is 5.34. The molecular weight excluding hydrogens is 195 g/mol. The quantitative estimate of drug-likeness (QED) is 0.795. The maximum Gasteiger partial charge on any atom is 0.221 e. The molecule has 2 N–H and O–H groups in total. The molecule has 0 radical (unpaired) electrons. The fraction of sp³-hybridized carbons (Fsp3) is 0.364. The maximum absolute atomic E-state index is 13.2. The van der Waals surface area contributed by atoms with Crippen molar-refractivity contribution in [2.45, 2.75) is 19.4 Å². The SMILES string of the molecule is CNC(=O)CC(C)Nc1ccccc1F. The van der Waals surface area contributed by atoms with Crippen LogP contribution in [0.15, 0.2) is 24.3 Å². The van der Waals surface area contributed by atoms with E-state index >= 15 is 0 Å². The molecule has 0 bridgehead atoms. The molecule has 0 aliphatic rings. The van der Waals surface area contributed by atoms with E-state index in [0.29, 0.717) is 12.1 Å². The zero-order valence-corrected chi connectivity index (χ0v) is 8.88. The molecule has 1 amide bonds. The highest BCUT2D eigenvalue weighted by Crippen LogP contribution is 2.14. The van der Waals surface area contributed by atoms with E-state index in [4.69, 9.17) is 0 Å². The number of hydrogen-bond acceptors (Lipinski definition) is 2. The van der Waals surface area contributed by atoms with Crippen molar-refractivity contribution in [1.29, 1.82) is 0 Å². The van der Waals surface area contributed by atoms with Crippen LogP contribution in [0.3, 0.4) is 0 Å². The highest BCUT2D eigenvalue weighted by molar-refractivity contribution is 5.76. The predicted octanol–water partition coefficient (Wildman–Crippen LogP) is 1.76. The fourth-order valence-electron chi connectivity index (χ4n) is 1.27. The van der Waals surface area contributed by atoms with Gasteiger partial charge in [0.1, 0.15) is 5.82 Å². The van der Waals surface area contributed by atoms with Gasteiger partial charge in [-0.15, -0.1) is 0 Å². The Labute approximate surface area is 88.7 Å². The number of anilines is 1. The van der Waals surface area contributed by atoms with Crippen molar-refractivity contribution in [3.05, 3.63) is 30.1 Å². The Balaban J connectivity index is 2.55. The Morgan fingerprint density at radius 2 is 2.13 bits per heavy atom. The first-order valence-corrected chi connectivity index (χ1v) is 4.85. The fourth-order valence-corrected chi connectivity index (χ4v) is 1.27. The van der Waals surface area contributed by atoms with Crippen LogP contribution in [-0.4, -0.2) is 19.0 Å². The third-order valence-electron chi connectivity index (χ3n) is 2.05. The summed E-state index contributed by atoms with van der Waals surface area (Å²) in [6.45, 7) is 1.84. The Bertz CT molecular complexity index is 341. The number of para-hydroxylation sites is 1. The van der Waals surface area contributed by atoms with Gasteiger partial charge in [-0.2, -0.15) is 0 Å². The summed E-state index contributed by atoms with van der Waals surface area (Å²) in [5.41, 5.74) is 0.425. The van der Waals surface area contributed by atoms with Gasteiger partial charge in [-0.1, -0.05) is 12.1 Å². The van der Waals surface area contributed by atoms with Crippen molar-refractivity contribution >= 4 is 11.6 Å². The van der Waals surface area contributed by atoms with Gasteiger partial charge in [0, 0.05) is 19.5 Å². The molecule has 0 spiro atoms. The standard InChI is InChI=1S/C11H15FN2O/c1-8(7-11(15)13-2)14-10-6-4-3-5-9(10)12/h3-6,8,14H,7H2,1-2H3,(H,13,15). The van der Waals surface area contributed by atoms with E-state index in [0.717, 1.165) is 0 Å². The van der Waals surface area contributed by atoms with Gasteiger partial charge >= 0.3 is 0 Å². The van der Waals surface area contributed by atoms with Gasteiger partial charge < -0.3 is 10.6 Å². The van der Waals surface area contributed by atoms with Gasteiger partial charge in [-0.05, 0) is 19.1 Å². The second-order valence-corrected chi connectivity index (χ2v) is 3.40. The largest absolute Gasteiger partial charge is 0.380 e. The van der Waals surface area contributed by atoms with Crippen molar-refractivity contribution in [2.75, 3.05) is 12.4 Å². The lowest BCUT2D eigenvalue weighted by Crippen LogP contribution is -2.27. The molecule has 0 aliphatic carbocycles. The molecule has 1 atom stereocenters. The van der Waals surface area contributed by atoms with E-state index in [9.17, 15) is 9.18 Å². The van der Waals surface area contributed by atoms with Crippen LogP contribution >= 0.6 is 0 Å². The van der Waals surface area contributed by atoms with Gasteiger partial charge in [0.05, 0.1) is 5.69 Å². The number of amides is 1. The number of carbonyl (C=O) groups is 1. The molecule has 0 heterocycles. The summed E-state index contributed by atoms with van der Waals surface area (Å²) in [7, 11) is 1.58. The average Bonchev–Trinajstić information content (AvgIpc) is 2.21. The summed E-state index contributed by atoms with van der Waals surface area (Å²) in [6.07, 6.45) is 0.324. The third kappa shape index (κ3) is 3.58. The third-order valence-corrected chi connectivity index (χ3v) is 2.05. The minimum atomic E-state index is -0.304. The summed E-state index contributed by atoms with van der Waals surface area (Å²) in [4.78, 5) is 11.1. The van der Waals surface area contributed by atoms with E-state index in [1.165, 1.54) is 6.07 Å². The Hall–Kier alpha value is -1.58. The number of carbonyl (C=O) groups excluding carboxylic acids is 1. The van der Waals surface area contributed by atoms with Crippen LogP contribution in [0.25, 0.3) is 0 Å². The first kappa shape index (κ1) is 11.5. The summed E-state index contributed by atoms with van der Waals surface area (Å²) >= 11 is 0. The van der Waals surface area contributed by atoms with Crippen molar-refractivity contribution in [2.24, 2.45) is 0 Å². The van der Waals surface area contributed by atoms with Gasteiger partial charge in [-0.25, -0.2) is 4.39 Å². The molecule has 0 aliphatic heterocycles. The Morgan fingerprint density at radius 3 is 2.73 bits per heavy atom. The molecule has 4 heteroatoms. The highest BCUT2D eigenvalue weighted by atomic mass is 19.1. The first-order valence-electron chi connectivity index (χ1n) is 4.85. The normalized spacial score (nSPS) is 11.9. The lowest BCUT2D eigenvalue weighted by molar-refractivity contribution is -0.120. The lowest BCUT2D eigenvalue weighted by Gasteiger charge is -2.14. The Morgan fingerprint density at radius 1 is 1.47 bits per heavy atom. The summed E-state index contributed by atoms with van der Waals surface area (Å²) in [5, 5.41) is 5.46. The molecule has 1 aromatic carbocycles. The predicted molar refractivity (Wildman–Crippen MR) is 58.2 cm³/mol. The van der Waals surface area contributed by atoms with Crippen LogP contribution in [0.5, 0.6) is 0 Å². The van der Waals surface area contributed by atoms with E-state index in [-0.39, 0.29) is 17.8 Å². The van der Waals surface area contributed by atoms with Crippen molar-refractivity contribution in [3.8, 4) is 0 Å². The van der Waals surface area contributed by atoms with Gasteiger partial charge in [-0.3, -0.25) is 4.79 Å². The number of halogens is 1. The molecule has 1 unspecified atom stereocenters. The zero-order chi connectivity index (χ0) is 11.3. The van der Waals surface area contributed by atoms with Gasteiger partial charge in [0.2, 0.25) is 5.91 Å². The lowest BCUT2D eigenvalue weighted by atomic mass is 10.2. The molecule has 0 saturated carbocycles. The summed E-state index contributed by atoms with van der Waals surface area (Å²) in [5.74, 6) is -0.368. The zero-order valence-electron chi connectivity index (χ0n) is 8.88. The average molecular weight is 210 g/mol. The maximum atomic E-state index is 13.2. The van der Waals surface area contributed by atoms with Gasteiger partial charge in [0.15, 0.2) is 0 Å². The van der Waals surface area contributed by atoms with E-state index in [1.54, 1.807) is 25.2 Å². The van der Waals surface area contributed by atoms with Crippen LogP contribution in [0, 0.1) is 5.82 Å². The monoisotopic (exact) mass is 210 g/mol. The minimum absolute atomic E-state index is 0.0636. The number of benzene rings is 1. The molecule has 3 nitrogen and oxygen atoms in total. The van der Waals surface area contributed by atoms with E-state index < -0.39 is 0 Å². The van der Waals surface area contributed by atoms with Crippen LogP contribution < -0.4 is 10.6 Å². The summed E-state index contributed by atoms with van der Waals surface area (Å²) < 4.78 is 13.2. The van der Waals surface area contributed by atoms with Crippen LogP contribution in [0.1, 0.15) is 13.3 Å². The molecule has 0 fully saturated rings. The number of rotatable bonds is 4. The van der Waals surface area contributed by atoms with Crippen molar-refractivity contribution in [1.82, 2.24) is 5.32 Å². The molecule has 1 aromatic rings. The smallest absolute Gasteiger partial charge is 0.221 e. The second-order valence-electron chi connectivity index (χ2n) is 3.40. The molecule has 1 rings (SSSR count). The van der Waals surface area contributed by atoms with Crippen LogP contribution in [0.4, 0.5) is 10.1 Å². The molecule has 0 saturated heterocycles. The van der Waals surface area contributed by atoms with Crippen LogP contribution in [-0.2, 0) is 4.79 Å². The number of nitrogens with one attached hydrogen (secondary N) is 2. The van der Waals surface area contributed by atoms with Gasteiger partial charge in [0.25, 0.3) is 0 Å². The highest BCUT2D eigenvalue weighted by Gasteiger charge is 2.09. The Kier molecular flexibility index (Phi) is 4.09. The van der Waals surface area contributed by atoms with E-state index in [1.807, 2.05) is 6.92 Å². The minimum Gasteiger partial charge on any atom is -0.380 e.